The summed E-state index contributed by atoms with van der Waals surface area (Å²) in [4.78, 5) is 22.6. The van der Waals surface area contributed by atoms with Crippen molar-refractivity contribution in [2.75, 3.05) is 0 Å². The van der Waals surface area contributed by atoms with Crippen LogP contribution in [0.15, 0.2) is 53.5 Å². The van der Waals surface area contributed by atoms with Crippen molar-refractivity contribution < 1.29 is 9.90 Å². The van der Waals surface area contributed by atoms with Gasteiger partial charge < -0.3 is 9.67 Å². The third-order valence-corrected chi connectivity index (χ3v) is 2.93. The predicted octanol–water partition coefficient (Wildman–Crippen LogP) is 2.65. The molecule has 0 aliphatic rings. The molecule has 20 heavy (non-hydrogen) atoms. The topological polar surface area (TPSA) is 59.3 Å². The average Bonchev–Trinajstić information content (AvgIpc) is 2.40. The first-order chi connectivity index (χ1) is 9.56. The van der Waals surface area contributed by atoms with Crippen molar-refractivity contribution in [1.29, 1.82) is 0 Å². The molecule has 0 saturated heterocycles. The number of aromatic nitrogens is 1. The molecule has 0 aliphatic heterocycles. The molecule has 1 aromatic carbocycles. The smallest absolute Gasteiger partial charge is 0.328 e. The first-order valence-corrected chi connectivity index (χ1v) is 6.29. The molecule has 0 spiro atoms. The number of carboxylic acids is 1. The number of hydrogen-bond acceptors (Lipinski definition) is 2. The summed E-state index contributed by atoms with van der Waals surface area (Å²) in [5.41, 5.74) is 0.987. The first kappa shape index (κ1) is 14.1. The van der Waals surface area contributed by atoms with Gasteiger partial charge in [0.25, 0.3) is 5.56 Å². The maximum absolute atomic E-state index is 12.2. The van der Waals surface area contributed by atoms with Crippen molar-refractivity contribution in [3.8, 4) is 0 Å². The van der Waals surface area contributed by atoms with Crippen molar-refractivity contribution in [2.24, 2.45) is 0 Å². The fourth-order valence-electron chi connectivity index (χ4n) is 1.80. The van der Waals surface area contributed by atoms with Crippen molar-refractivity contribution in [1.82, 2.24) is 4.57 Å². The minimum absolute atomic E-state index is 0.245. The molecule has 2 aromatic rings. The highest BCUT2D eigenvalue weighted by molar-refractivity contribution is 6.30. The van der Waals surface area contributed by atoms with Crippen LogP contribution in [-0.4, -0.2) is 15.6 Å². The van der Waals surface area contributed by atoms with Crippen LogP contribution in [0.2, 0.25) is 5.02 Å². The number of carbonyl (C=O) groups is 1. The lowest BCUT2D eigenvalue weighted by Gasteiger charge is -2.07. The van der Waals surface area contributed by atoms with Crippen molar-refractivity contribution in [3.63, 3.8) is 0 Å². The molecular weight excluding hydrogens is 278 g/mol. The Hall–Kier alpha value is -2.33. The Morgan fingerprint density at radius 1 is 1.30 bits per heavy atom. The lowest BCUT2D eigenvalue weighted by atomic mass is 10.2. The highest BCUT2D eigenvalue weighted by Gasteiger charge is 2.02. The third kappa shape index (κ3) is 3.59. The Bertz CT molecular complexity index is 719. The van der Waals surface area contributed by atoms with Crippen LogP contribution in [0.5, 0.6) is 0 Å². The predicted molar refractivity (Wildman–Crippen MR) is 77.9 cm³/mol. The maximum atomic E-state index is 12.2. The van der Waals surface area contributed by atoms with Gasteiger partial charge in [0, 0.05) is 22.9 Å². The van der Waals surface area contributed by atoms with Gasteiger partial charge in [-0.1, -0.05) is 23.7 Å². The van der Waals surface area contributed by atoms with Crippen molar-refractivity contribution in [2.45, 2.75) is 6.54 Å². The Kier molecular flexibility index (Phi) is 4.38. The van der Waals surface area contributed by atoms with E-state index in [1.54, 1.807) is 30.5 Å². The van der Waals surface area contributed by atoms with Gasteiger partial charge in [0.1, 0.15) is 0 Å². The fraction of sp³-hybridized carbons (Fsp3) is 0.0667. The summed E-state index contributed by atoms with van der Waals surface area (Å²) < 4.78 is 1.51. The molecule has 5 heteroatoms. The van der Waals surface area contributed by atoms with E-state index in [1.165, 1.54) is 10.6 Å². The van der Waals surface area contributed by atoms with E-state index in [1.807, 2.05) is 12.1 Å². The molecule has 2 rings (SSSR count). The number of aliphatic carboxylic acids is 1. The molecule has 0 amide bonds. The Morgan fingerprint density at radius 3 is 2.80 bits per heavy atom. The molecule has 0 aliphatic carbocycles. The van der Waals surface area contributed by atoms with Crippen LogP contribution in [0.25, 0.3) is 6.08 Å². The summed E-state index contributed by atoms with van der Waals surface area (Å²) in [5, 5.41) is 9.20. The fourth-order valence-corrected chi connectivity index (χ4v) is 2.01. The minimum atomic E-state index is -1.09. The van der Waals surface area contributed by atoms with Gasteiger partial charge in [-0.3, -0.25) is 4.79 Å². The highest BCUT2D eigenvalue weighted by Crippen LogP contribution is 2.11. The van der Waals surface area contributed by atoms with E-state index in [0.717, 1.165) is 11.6 Å². The zero-order valence-electron chi connectivity index (χ0n) is 10.5. The maximum Gasteiger partial charge on any atom is 0.328 e. The third-order valence-electron chi connectivity index (χ3n) is 2.70. The molecule has 0 fully saturated rings. The van der Waals surface area contributed by atoms with Crippen LogP contribution in [0.3, 0.4) is 0 Å². The van der Waals surface area contributed by atoms with E-state index in [4.69, 9.17) is 16.7 Å². The van der Waals surface area contributed by atoms with E-state index >= 15 is 0 Å². The van der Waals surface area contributed by atoms with Gasteiger partial charge in [0.05, 0.1) is 6.54 Å². The van der Waals surface area contributed by atoms with Crippen LogP contribution >= 0.6 is 11.6 Å². The number of rotatable bonds is 4. The minimum Gasteiger partial charge on any atom is -0.478 e. The van der Waals surface area contributed by atoms with E-state index < -0.39 is 5.97 Å². The molecule has 0 atom stereocenters. The normalized spacial score (nSPS) is 10.8. The monoisotopic (exact) mass is 289 g/mol. The lowest BCUT2D eigenvalue weighted by molar-refractivity contribution is -0.131. The number of carboxylic acid groups (broad SMARTS) is 1. The second kappa shape index (κ2) is 6.21. The average molecular weight is 290 g/mol. The largest absolute Gasteiger partial charge is 0.478 e. The van der Waals surface area contributed by atoms with Crippen molar-refractivity contribution >= 4 is 23.6 Å². The summed E-state index contributed by atoms with van der Waals surface area (Å²) in [6.07, 6.45) is 3.89. The van der Waals surface area contributed by atoms with Gasteiger partial charge in [-0.15, -0.1) is 0 Å². The first-order valence-electron chi connectivity index (χ1n) is 5.91. The SMILES string of the molecule is O=C(O)/C=C/c1cccn(Cc2cccc(Cl)c2)c1=O. The van der Waals surface area contributed by atoms with Crippen LogP contribution < -0.4 is 5.56 Å². The molecular formula is C15H12ClNO3. The number of pyridine rings is 1. The van der Waals surface area contributed by atoms with E-state index in [0.29, 0.717) is 17.1 Å². The van der Waals surface area contributed by atoms with Gasteiger partial charge in [0.15, 0.2) is 0 Å². The Morgan fingerprint density at radius 2 is 2.10 bits per heavy atom. The van der Waals surface area contributed by atoms with Crippen LogP contribution in [-0.2, 0) is 11.3 Å². The van der Waals surface area contributed by atoms with E-state index in [-0.39, 0.29) is 5.56 Å². The second-order valence-electron chi connectivity index (χ2n) is 4.20. The zero-order valence-corrected chi connectivity index (χ0v) is 11.2. The quantitative estimate of drug-likeness (QED) is 0.880. The summed E-state index contributed by atoms with van der Waals surface area (Å²) in [5.74, 6) is -1.09. The van der Waals surface area contributed by atoms with E-state index in [2.05, 4.69) is 0 Å². The molecule has 1 N–H and O–H groups in total. The molecule has 0 bridgehead atoms. The van der Waals surface area contributed by atoms with Gasteiger partial charge >= 0.3 is 5.97 Å². The Labute approximate surface area is 120 Å². The number of hydrogen-bond donors (Lipinski definition) is 1. The summed E-state index contributed by atoms with van der Waals surface area (Å²) >= 11 is 5.90. The zero-order chi connectivity index (χ0) is 14.5. The van der Waals surface area contributed by atoms with Crippen LogP contribution in [0.1, 0.15) is 11.1 Å². The highest BCUT2D eigenvalue weighted by atomic mass is 35.5. The van der Waals surface area contributed by atoms with Gasteiger partial charge in [0.2, 0.25) is 0 Å². The molecule has 0 radical (unpaired) electrons. The summed E-state index contributed by atoms with van der Waals surface area (Å²) in [7, 11) is 0. The molecule has 1 aromatic heterocycles. The number of benzene rings is 1. The van der Waals surface area contributed by atoms with Gasteiger partial charge in [-0.2, -0.15) is 0 Å². The van der Waals surface area contributed by atoms with Gasteiger partial charge in [-0.25, -0.2) is 4.79 Å². The summed E-state index contributed by atoms with van der Waals surface area (Å²) in [6, 6.07) is 10.5. The Balaban J connectivity index is 2.32. The second-order valence-corrected chi connectivity index (χ2v) is 4.63. The van der Waals surface area contributed by atoms with Crippen LogP contribution in [0, 0.1) is 0 Å². The number of halogens is 1. The van der Waals surface area contributed by atoms with Gasteiger partial charge in [-0.05, 0) is 35.9 Å². The molecule has 1 heterocycles. The standard InChI is InChI=1S/C15H12ClNO3/c16-13-5-1-3-11(9-13)10-17-8-2-4-12(15(17)20)6-7-14(18)19/h1-9H,10H2,(H,18,19)/b7-6+. The van der Waals surface area contributed by atoms with Crippen LogP contribution in [0.4, 0.5) is 0 Å². The lowest BCUT2D eigenvalue weighted by Crippen LogP contribution is -2.21. The molecule has 0 saturated carbocycles. The van der Waals surface area contributed by atoms with E-state index in [9.17, 15) is 9.59 Å². The number of nitrogens with zero attached hydrogens (tertiary/aromatic N) is 1. The molecule has 4 nitrogen and oxygen atoms in total. The molecule has 102 valence electrons. The van der Waals surface area contributed by atoms with Crippen molar-refractivity contribution in [3.05, 3.63) is 75.2 Å². The molecule has 0 unspecified atom stereocenters. The summed E-state index contributed by atoms with van der Waals surface area (Å²) in [6.45, 7) is 0.383.